The molecule has 0 spiro atoms. The second-order valence-electron chi connectivity index (χ2n) is 9.52. The van der Waals surface area contributed by atoms with Crippen LogP contribution in [0.25, 0.3) is 0 Å². The molecule has 1 saturated heterocycles. The molecule has 2 aromatic rings. The minimum absolute atomic E-state index is 0.0488. The number of hydrogen-bond acceptors (Lipinski definition) is 4. The summed E-state index contributed by atoms with van der Waals surface area (Å²) < 4.78 is 5.99. The molecule has 5 nitrogen and oxygen atoms in total. The molecule has 0 saturated carbocycles. The number of nitrogens with one attached hydrogen (secondary N) is 2. The Bertz CT molecular complexity index is 834. The van der Waals surface area contributed by atoms with Crippen molar-refractivity contribution in [2.75, 3.05) is 26.7 Å². The Morgan fingerprint density at radius 3 is 2.48 bits per heavy atom. The predicted molar refractivity (Wildman–Crippen MR) is 135 cm³/mol. The first-order valence-electron chi connectivity index (χ1n) is 12.5. The Morgan fingerprint density at radius 1 is 1.12 bits per heavy atom. The summed E-state index contributed by atoms with van der Waals surface area (Å²) in [4.78, 5) is 15.5. The summed E-state index contributed by atoms with van der Waals surface area (Å²) in [6, 6.07) is 18.1. The molecule has 4 atom stereocenters. The Morgan fingerprint density at radius 2 is 1.85 bits per heavy atom. The zero-order valence-corrected chi connectivity index (χ0v) is 20.7. The van der Waals surface area contributed by atoms with E-state index in [0.717, 1.165) is 43.0 Å². The molecule has 0 aliphatic carbocycles. The van der Waals surface area contributed by atoms with E-state index in [0.29, 0.717) is 12.1 Å². The SMILES string of the molecule is CCCC(C)COc1ccc([C@H](CN(C)[C@@H]2CCCN2)NC(=O)[C@@H](C)c2ccccc2)cc1. The van der Waals surface area contributed by atoms with Gasteiger partial charge in [0, 0.05) is 6.54 Å². The average Bonchev–Trinajstić information content (AvgIpc) is 3.38. The Balaban J connectivity index is 1.70. The standard InChI is InChI=1S/C28H41N3O2/c1-5-10-21(2)20-33-25-16-14-24(15-17-25)26(19-31(4)27-13-9-18-29-27)30-28(32)22(3)23-11-7-6-8-12-23/h6-8,11-12,14-17,21-22,26-27,29H,5,9-10,13,18-20H2,1-4H3,(H,30,32)/t21?,22-,26-,27+/m0/s1. The monoisotopic (exact) mass is 451 g/mol. The van der Waals surface area contributed by atoms with Gasteiger partial charge in [-0.15, -0.1) is 0 Å². The van der Waals surface area contributed by atoms with Gasteiger partial charge in [0.1, 0.15) is 5.75 Å². The Hall–Kier alpha value is -2.37. The highest BCUT2D eigenvalue weighted by Gasteiger charge is 2.25. The van der Waals surface area contributed by atoms with Crippen LogP contribution >= 0.6 is 0 Å². The van der Waals surface area contributed by atoms with E-state index in [2.05, 4.69) is 48.6 Å². The van der Waals surface area contributed by atoms with Crippen molar-refractivity contribution in [3.05, 3.63) is 65.7 Å². The predicted octanol–water partition coefficient (Wildman–Crippen LogP) is 5.10. The third kappa shape index (κ3) is 7.58. The highest BCUT2D eigenvalue weighted by Crippen LogP contribution is 2.23. The minimum Gasteiger partial charge on any atom is -0.493 e. The first-order chi connectivity index (χ1) is 16.0. The molecule has 1 amide bonds. The molecule has 1 fully saturated rings. The maximum absolute atomic E-state index is 13.2. The number of benzene rings is 2. The van der Waals surface area contributed by atoms with Crippen molar-refractivity contribution >= 4 is 5.91 Å². The highest BCUT2D eigenvalue weighted by atomic mass is 16.5. The van der Waals surface area contributed by atoms with Crippen molar-refractivity contribution in [1.29, 1.82) is 0 Å². The van der Waals surface area contributed by atoms with E-state index in [1.165, 1.54) is 19.3 Å². The number of amides is 1. The highest BCUT2D eigenvalue weighted by molar-refractivity contribution is 5.83. The molecule has 1 heterocycles. The largest absolute Gasteiger partial charge is 0.493 e. The topological polar surface area (TPSA) is 53.6 Å². The summed E-state index contributed by atoms with van der Waals surface area (Å²) in [6.45, 7) is 8.94. The lowest BCUT2D eigenvalue weighted by atomic mass is 9.99. The van der Waals surface area contributed by atoms with E-state index in [-0.39, 0.29) is 17.9 Å². The number of likely N-dealkylation sites (N-methyl/N-ethyl adjacent to an activating group) is 1. The zero-order valence-electron chi connectivity index (χ0n) is 20.7. The van der Waals surface area contributed by atoms with Gasteiger partial charge in [0.25, 0.3) is 0 Å². The van der Waals surface area contributed by atoms with Crippen LogP contribution in [0.15, 0.2) is 54.6 Å². The van der Waals surface area contributed by atoms with Crippen LogP contribution in [-0.4, -0.2) is 43.7 Å². The summed E-state index contributed by atoms with van der Waals surface area (Å²) in [5.74, 6) is 1.28. The number of carbonyl (C=O) groups excluding carboxylic acids is 1. The van der Waals surface area contributed by atoms with Crippen LogP contribution in [0.3, 0.4) is 0 Å². The maximum Gasteiger partial charge on any atom is 0.227 e. The second-order valence-corrected chi connectivity index (χ2v) is 9.52. The van der Waals surface area contributed by atoms with Crippen LogP contribution < -0.4 is 15.4 Å². The van der Waals surface area contributed by atoms with Gasteiger partial charge in [-0.2, -0.15) is 0 Å². The fourth-order valence-corrected chi connectivity index (χ4v) is 4.49. The van der Waals surface area contributed by atoms with Gasteiger partial charge in [0.05, 0.1) is 24.7 Å². The first kappa shape index (κ1) is 25.3. The molecular formula is C28H41N3O2. The maximum atomic E-state index is 13.2. The molecule has 1 aliphatic heterocycles. The van der Waals surface area contributed by atoms with Gasteiger partial charge in [0.15, 0.2) is 0 Å². The fraction of sp³-hybridized carbons (Fsp3) is 0.536. The van der Waals surface area contributed by atoms with Crippen LogP contribution in [0, 0.1) is 5.92 Å². The molecule has 1 aliphatic rings. The van der Waals surface area contributed by atoms with E-state index < -0.39 is 0 Å². The van der Waals surface area contributed by atoms with E-state index >= 15 is 0 Å². The first-order valence-corrected chi connectivity index (χ1v) is 12.5. The van der Waals surface area contributed by atoms with Crippen LogP contribution in [0.4, 0.5) is 0 Å². The van der Waals surface area contributed by atoms with E-state index in [4.69, 9.17) is 4.74 Å². The molecule has 33 heavy (non-hydrogen) atoms. The van der Waals surface area contributed by atoms with E-state index in [9.17, 15) is 4.79 Å². The van der Waals surface area contributed by atoms with E-state index in [1.54, 1.807) is 0 Å². The lowest BCUT2D eigenvalue weighted by Crippen LogP contribution is -2.45. The summed E-state index contributed by atoms with van der Waals surface area (Å²) in [5, 5.41) is 6.88. The van der Waals surface area contributed by atoms with E-state index in [1.807, 2.05) is 49.4 Å². The molecule has 3 rings (SSSR count). The summed E-state index contributed by atoms with van der Waals surface area (Å²) in [6.07, 6.45) is 5.04. The minimum atomic E-state index is -0.203. The number of ether oxygens (including phenoxy) is 1. The molecular weight excluding hydrogens is 410 g/mol. The quantitative estimate of drug-likeness (QED) is 0.471. The van der Waals surface area contributed by atoms with Gasteiger partial charge in [-0.25, -0.2) is 0 Å². The number of carbonyl (C=O) groups is 1. The van der Waals surface area contributed by atoms with Crippen molar-refractivity contribution in [2.45, 2.75) is 64.6 Å². The van der Waals surface area contributed by atoms with Crippen molar-refractivity contribution in [2.24, 2.45) is 5.92 Å². The Kier molecular flexibility index (Phi) is 9.76. The van der Waals surface area contributed by atoms with Gasteiger partial charge < -0.3 is 15.4 Å². The van der Waals surface area contributed by atoms with Crippen molar-refractivity contribution < 1.29 is 9.53 Å². The van der Waals surface area contributed by atoms with Crippen LogP contribution in [0.2, 0.25) is 0 Å². The van der Waals surface area contributed by atoms with Gasteiger partial charge in [-0.1, -0.05) is 62.7 Å². The normalized spacial score (nSPS) is 18.6. The van der Waals surface area contributed by atoms with Gasteiger partial charge in [0.2, 0.25) is 5.91 Å². The number of nitrogens with zero attached hydrogens (tertiary/aromatic N) is 1. The fourth-order valence-electron chi connectivity index (χ4n) is 4.49. The summed E-state index contributed by atoms with van der Waals surface area (Å²) in [5.41, 5.74) is 2.13. The molecule has 1 unspecified atom stereocenters. The van der Waals surface area contributed by atoms with Gasteiger partial charge in [-0.05, 0) is 69.0 Å². The molecule has 180 valence electrons. The zero-order chi connectivity index (χ0) is 23.6. The lowest BCUT2D eigenvalue weighted by molar-refractivity contribution is -0.123. The molecule has 0 radical (unpaired) electrons. The molecule has 2 N–H and O–H groups in total. The number of rotatable bonds is 12. The van der Waals surface area contributed by atoms with Gasteiger partial charge in [-0.3, -0.25) is 9.69 Å². The van der Waals surface area contributed by atoms with Crippen LogP contribution in [0.1, 0.15) is 69.5 Å². The van der Waals surface area contributed by atoms with Crippen molar-refractivity contribution in [3.63, 3.8) is 0 Å². The smallest absolute Gasteiger partial charge is 0.227 e. The second kappa shape index (κ2) is 12.8. The third-order valence-corrected chi connectivity index (χ3v) is 6.64. The van der Waals surface area contributed by atoms with Crippen LogP contribution in [0.5, 0.6) is 5.75 Å². The molecule has 0 bridgehead atoms. The number of hydrogen-bond donors (Lipinski definition) is 2. The Labute approximate surface area is 199 Å². The summed E-state index contributed by atoms with van der Waals surface area (Å²) in [7, 11) is 2.13. The van der Waals surface area contributed by atoms with Crippen molar-refractivity contribution in [3.8, 4) is 5.75 Å². The average molecular weight is 452 g/mol. The van der Waals surface area contributed by atoms with Crippen molar-refractivity contribution in [1.82, 2.24) is 15.5 Å². The third-order valence-electron chi connectivity index (χ3n) is 6.64. The molecule has 0 aromatic heterocycles. The molecule has 5 heteroatoms. The van der Waals surface area contributed by atoms with Gasteiger partial charge >= 0.3 is 0 Å². The van der Waals surface area contributed by atoms with Crippen LogP contribution in [-0.2, 0) is 4.79 Å². The molecule has 2 aromatic carbocycles. The lowest BCUT2D eigenvalue weighted by Gasteiger charge is -2.30. The summed E-state index contributed by atoms with van der Waals surface area (Å²) >= 11 is 0.